The zero-order valence-electron chi connectivity index (χ0n) is 13.1. The standard InChI is InChI=1S/C19H15NO4S/c21-19(22)16-6-4-5-15(13-16)14-9-11-17(12-10-14)20-25(23,24)18-7-2-1-3-8-18/h1-13,20H,(H,21,22). The number of rotatable bonds is 5. The topological polar surface area (TPSA) is 83.5 Å². The molecule has 0 amide bonds. The third-order valence-corrected chi connectivity index (χ3v) is 5.03. The Balaban J connectivity index is 1.83. The number of sulfonamides is 1. The Hall–Kier alpha value is -3.12. The first-order valence-corrected chi connectivity index (χ1v) is 8.96. The van der Waals surface area contributed by atoms with Crippen molar-refractivity contribution in [2.24, 2.45) is 0 Å². The van der Waals surface area contributed by atoms with E-state index >= 15 is 0 Å². The van der Waals surface area contributed by atoms with Gasteiger partial charge in [0.2, 0.25) is 0 Å². The molecule has 6 heteroatoms. The summed E-state index contributed by atoms with van der Waals surface area (Å²) in [6.45, 7) is 0. The molecule has 0 saturated heterocycles. The lowest BCUT2D eigenvalue weighted by Gasteiger charge is -2.09. The quantitative estimate of drug-likeness (QED) is 0.730. The molecule has 0 aliphatic heterocycles. The number of anilines is 1. The van der Waals surface area contributed by atoms with Crippen molar-refractivity contribution in [3.05, 3.63) is 84.4 Å². The SMILES string of the molecule is O=C(O)c1cccc(-c2ccc(NS(=O)(=O)c3ccccc3)cc2)c1. The summed E-state index contributed by atoms with van der Waals surface area (Å²) >= 11 is 0. The molecule has 126 valence electrons. The first kappa shape index (κ1) is 16.7. The summed E-state index contributed by atoms with van der Waals surface area (Å²) in [7, 11) is -3.64. The molecular weight excluding hydrogens is 338 g/mol. The van der Waals surface area contributed by atoms with Crippen molar-refractivity contribution >= 4 is 21.7 Å². The van der Waals surface area contributed by atoms with Crippen LogP contribution in [0.4, 0.5) is 5.69 Å². The molecule has 0 radical (unpaired) electrons. The normalized spacial score (nSPS) is 11.0. The van der Waals surface area contributed by atoms with Crippen molar-refractivity contribution in [3.63, 3.8) is 0 Å². The van der Waals surface area contributed by atoms with Crippen LogP contribution in [0.25, 0.3) is 11.1 Å². The van der Waals surface area contributed by atoms with Gasteiger partial charge in [0, 0.05) is 5.69 Å². The smallest absolute Gasteiger partial charge is 0.335 e. The monoisotopic (exact) mass is 353 g/mol. The molecule has 0 aromatic heterocycles. The van der Waals surface area contributed by atoms with Crippen LogP contribution >= 0.6 is 0 Å². The third kappa shape index (κ3) is 3.87. The molecule has 0 unspecified atom stereocenters. The predicted octanol–water partition coefficient (Wildman–Crippen LogP) is 3.85. The summed E-state index contributed by atoms with van der Waals surface area (Å²) in [5.41, 5.74) is 2.18. The van der Waals surface area contributed by atoms with Crippen molar-refractivity contribution in [1.29, 1.82) is 0 Å². The lowest BCUT2D eigenvalue weighted by atomic mass is 10.0. The molecule has 0 spiro atoms. The molecule has 2 N–H and O–H groups in total. The summed E-state index contributed by atoms with van der Waals surface area (Å²) in [6.07, 6.45) is 0. The summed E-state index contributed by atoms with van der Waals surface area (Å²) in [4.78, 5) is 11.2. The maximum Gasteiger partial charge on any atom is 0.335 e. The van der Waals surface area contributed by atoms with E-state index < -0.39 is 16.0 Å². The molecule has 25 heavy (non-hydrogen) atoms. The molecule has 0 aliphatic carbocycles. The number of hydrogen-bond acceptors (Lipinski definition) is 3. The van der Waals surface area contributed by atoms with E-state index in [2.05, 4.69) is 4.72 Å². The van der Waals surface area contributed by atoms with Crippen LogP contribution in [0.2, 0.25) is 0 Å². The highest BCUT2D eigenvalue weighted by Crippen LogP contribution is 2.24. The van der Waals surface area contributed by atoms with Gasteiger partial charge in [-0.25, -0.2) is 13.2 Å². The second kappa shape index (κ2) is 6.78. The minimum atomic E-state index is -3.64. The Morgan fingerprint density at radius 1 is 0.800 bits per heavy atom. The van der Waals surface area contributed by atoms with Gasteiger partial charge in [-0.1, -0.05) is 42.5 Å². The van der Waals surface area contributed by atoms with Gasteiger partial charge in [-0.3, -0.25) is 4.72 Å². The third-order valence-electron chi connectivity index (χ3n) is 3.63. The number of carbonyl (C=O) groups is 1. The molecular formula is C19H15NO4S. The highest BCUT2D eigenvalue weighted by Gasteiger charge is 2.13. The Morgan fingerprint density at radius 3 is 2.12 bits per heavy atom. The van der Waals surface area contributed by atoms with E-state index in [0.29, 0.717) is 5.69 Å². The number of aromatic carboxylic acids is 1. The minimum absolute atomic E-state index is 0.188. The number of carboxylic acid groups (broad SMARTS) is 1. The van der Waals surface area contributed by atoms with Gasteiger partial charge >= 0.3 is 5.97 Å². The van der Waals surface area contributed by atoms with Gasteiger partial charge in [0.1, 0.15) is 0 Å². The van der Waals surface area contributed by atoms with Crippen molar-refractivity contribution < 1.29 is 18.3 Å². The summed E-state index contributed by atoms with van der Waals surface area (Å²) in [6, 6.07) is 21.4. The molecule has 3 aromatic rings. The molecule has 0 saturated carbocycles. The van der Waals surface area contributed by atoms with E-state index in [1.54, 1.807) is 60.7 Å². The van der Waals surface area contributed by atoms with E-state index in [0.717, 1.165) is 11.1 Å². The van der Waals surface area contributed by atoms with E-state index in [4.69, 9.17) is 5.11 Å². The zero-order chi connectivity index (χ0) is 17.9. The van der Waals surface area contributed by atoms with Crippen molar-refractivity contribution in [1.82, 2.24) is 0 Å². The Labute approximate surface area is 145 Å². The van der Waals surface area contributed by atoms with Crippen LogP contribution in [0.3, 0.4) is 0 Å². The average Bonchev–Trinajstić information content (AvgIpc) is 2.63. The average molecular weight is 353 g/mol. The van der Waals surface area contributed by atoms with Crippen LogP contribution in [0.5, 0.6) is 0 Å². The van der Waals surface area contributed by atoms with E-state index in [1.807, 2.05) is 0 Å². The molecule has 0 aliphatic rings. The van der Waals surface area contributed by atoms with Gasteiger partial charge in [-0.05, 0) is 47.5 Å². The first-order chi connectivity index (χ1) is 12.0. The van der Waals surface area contributed by atoms with Crippen LogP contribution in [-0.4, -0.2) is 19.5 Å². The molecule has 0 fully saturated rings. The van der Waals surface area contributed by atoms with Crippen molar-refractivity contribution in [2.75, 3.05) is 4.72 Å². The summed E-state index contributed by atoms with van der Waals surface area (Å²) < 4.78 is 27.1. The summed E-state index contributed by atoms with van der Waals surface area (Å²) in [5.74, 6) is -0.992. The largest absolute Gasteiger partial charge is 0.478 e. The van der Waals surface area contributed by atoms with Crippen LogP contribution in [0.15, 0.2) is 83.8 Å². The maximum atomic E-state index is 12.3. The number of hydrogen-bond donors (Lipinski definition) is 2. The Morgan fingerprint density at radius 2 is 1.48 bits per heavy atom. The highest BCUT2D eigenvalue weighted by atomic mass is 32.2. The summed E-state index contributed by atoms with van der Waals surface area (Å²) in [5, 5.41) is 9.06. The van der Waals surface area contributed by atoms with Gasteiger partial charge in [0.25, 0.3) is 10.0 Å². The molecule has 3 aromatic carbocycles. The second-order valence-corrected chi connectivity index (χ2v) is 7.06. The number of nitrogens with one attached hydrogen (secondary N) is 1. The van der Waals surface area contributed by atoms with Gasteiger partial charge in [-0.15, -0.1) is 0 Å². The number of carboxylic acids is 1. The fourth-order valence-corrected chi connectivity index (χ4v) is 3.46. The van der Waals surface area contributed by atoms with Gasteiger partial charge in [-0.2, -0.15) is 0 Å². The fourth-order valence-electron chi connectivity index (χ4n) is 2.38. The molecule has 3 rings (SSSR count). The lowest BCUT2D eigenvalue weighted by Crippen LogP contribution is -2.12. The van der Waals surface area contributed by atoms with Crippen molar-refractivity contribution in [3.8, 4) is 11.1 Å². The van der Waals surface area contributed by atoms with Crippen LogP contribution < -0.4 is 4.72 Å². The minimum Gasteiger partial charge on any atom is -0.478 e. The van der Waals surface area contributed by atoms with E-state index in [9.17, 15) is 13.2 Å². The Bertz CT molecular complexity index is 997. The lowest BCUT2D eigenvalue weighted by molar-refractivity contribution is 0.0697. The first-order valence-electron chi connectivity index (χ1n) is 7.47. The molecule has 0 heterocycles. The maximum absolute atomic E-state index is 12.3. The van der Waals surface area contributed by atoms with Crippen LogP contribution in [0.1, 0.15) is 10.4 Å². The van der Waals surface area contributed by atoms with Gasteiger partial charge < -0.3 is 5.11 Å². The van der Waals surface area contributed by atoms with E-state index in [1.165, 1.54) is 18.2 Å². The Kier molecular flexibility index (Phi) is 4.54. The predicted molar refractivity (Wildman–Crippen MR) is 96.1 cm³/mol. The zero-order valence-corrected chi connectivity index (χ0v) is 13.9. The van der Waals surface area contributed by atoms with Crippen LogP contribution in [0, 0.1) is 0 Å². The van der Waals surface area contributed by atoms with Crippen LogP contribution in [-0.2, 0) is 10.0 Å². The molecule has 0 atom stereocenters. The fraction of sp³-hybridized carbons (Fsp3) is 0. The second-order valence-electron chi connectivity index (χ2n) is 5.38. The van der Waals surface area contributed by atoms with E-state index in [-0.39, 0.29) is 10.5 Å². The molecule has 5 nitrogen and oxygen atoms in total. The van der Waals surface area contributed by atoms with Gasteiger partial charge in [0.15, 0.2) is 0 Å². The molecule has 0 bridgehead atoms. The highest BCUT2D eigenvalue weighted by molar-refractivity contribution is 7.92. The van der Waals surface area contributed by atoms with Gasteiger partial charge in [0.05, 0.1) is 10.5 Å². The van der Waals surface area contributed by atoms with Crippen molar-refractivity contribution in [2.45, 2.75) is 4.90 Å². The number of benzene rings is 3.